The molecule has 2 aliphatic rings. The van der Waals surface area contributed by atoms with E-state index in [1.807, 2.05) is 36.9 Å². The van der Waals surface area contributed by atoms with Crippen molar-refractivity contribution in [1.29, 1.82) is 0 Å². The van der Waals surface area contributed by atoms with Gasteiger partial charge in [-0.15, -0.1) is 0 Å². The van der Waals surface area contributed by atoms with Crippen LogP contribution < -0.4 is 4.90 Å². The van der Waals surface area contributed by atoms with Crippen LogP contribution in [-0.2, 0) is 20.9 Å². The molecule has 0 atom stereocenters. The summed E-state index contributed by atoms with van der Waals surface area (Å²) in [5.74, 6) is -7.38. The quantitative estimate of drug-likeness (QED) is 0.392. The molecular formula is C25H28F9N5O6. The monoisotopic (exact) mass is 665 g/mol. The number of carboxylic acids is 3. The maximum absolute atomic E-state index is 10.6. The van der Waals surface area contributed by atoms with Gasteiger partial charge < -0.3 is 20.2 Å². The minimum atomic E-state index is -5.08. The van der Waals surface area contributed by atoms with E-state index in [2.05, 4.69) is 30.8 Å². The second kappa shape index (κ2) is 16.7. The number of nitrogens with zero attached hydrogens (tertiary/aromatic N) is 5. The van der Waals surface area contributed by atoms with Crippen molar-refractivity contribution in [2.75, 3.05) is 31.1 Å². The molecule has 0 radical (unpaired) electrons. The molecule has 45 heavy (non-hydrogen) atoms. The molecule has 0 bridgehead atoms. The number of aliphatic carboxylic acids is 3. The summed E-state index contributed by atoms with van der Waals surface area (Å²) < 4.78 is 95.2. The van der Waals surface area contributed by atoms with Gasteiger partial charge in [0.15, 0.2) is 0 Å². The van der Waals surface area contributed by atoms with Crippen LogP contribution in [0.25, 0.3) is 0 Å². The molecule has 0 unspecified atom stereocenters. The van der Waals surface area contributed by atoms with Crippen molar-refractivity contribution in [3.63, 3.8) is 0 Å². The molecule has 2 aromatic rings. The van der Waals surface area contributed by atoms with Crippen molar-refractivity contribution >= 4 is 23.9 Å². The minimum absolute atomic E-state index is 0.538. The molecule has 4 rings (SSSR count). The van der Waals surface area contributed by atoms with Crippen molar-refractivity contribution in [3.8, 4) is 0 Å². The molecule has 4 heterocycles. The topological polar surface area (TPSA) is 157 Å². The lowest BCUT2D eigenvalue weighted by Crippen LogP contribution is -2.47. The number of anilines is 1. The Morgan fingerprint density at radius 2 is 1.09 bits per heavy atom. The van der Waals surface area contributed by atoms with Gasteiger partial charge >= 0.3 is 36.4 Å². The number of likely N-dealkylation sites (tertiary alicyclic amines) is 1. The SMILES string of the molecule is O=C(O)C(F)(F)F.O=C(O)C(F)(F)F.O=C(O)C(F)(F)F.c1cnc(N2CCC3(CCN(Cc4cccnc4)CC3)CC2)nc1. The standard InChI is InChI=1S/C19H25N5.3C2HF3O2/c1-3-17(15-20-8-1)16-23-11-4-19(5-12-23)6-13-24(14-7-19)18-21-9-2-10-22-18;3*3-2(4,5)1(6)7/h1-3,8-10,15H,4-7,11-14,16H2;3*(H,6,7). The number of pyridine rings is 1. The summed E-state index contributed by atoms with van der Waals surface area (Å²) in [4.78, 5) is 44.6. The van der Waals surface area contributed by atoms with Crippen LogP contribution in [0, 0.1) is 5.41 Å². The molecule has 0 amide bonds. The van der Waals surface area contributed by atoms with Gasteiger partial charge in [0.05, 0.1) is 0 Å². The van der Waals surface area contributed by atoms with Crippen molar-refractivity contribution in [1.82, 2.24) is 19.9 Å². The Morgan fingerprint density at radius 1 is 0.689 bits per heavy atom. The van der Waals surface area contributed by atoms with Gasteiger partial charge in [-0.05, 0) is 61.9 Å². The first kappa shape index (κ1) is 38.8. The van der Waals surface area contributed by atoms with E-state index in [0.29, 0.717) is 5.41 Å². The lowest BCUT2D eigenvalue weighted by Gasteiger charge is -2.47. The van der Waals surface area contributed by atoms with Gasteiger partial charge in [0.1, 0.15) is 0 Å². The van der Waals surface area contributed by atoms with Gasteiger partial charge in [0.2, 0.25) is 5.95 Å². The molecule has 2 aromatic heterocycles. The van der Waals surface area contributed by atoms with Crippen LogP contribution >= 0.6 is 0 Å². The summed E-state index contributed by atoms with van der Waals surface area (Å²) in [6.07, 6.45) is -2.57. The van der Waals surface area contributed by atoms with Crippen LogP contribution in [0.2, 0.25) is 0 Å². The zero-order chi connectivity index (χ0) is 34.5. The summed E-state index contributed by atoms with van der Waals surface area (Å²) in [6.45, 7) is 5.63. The minimum Gasteiger partial charge on any atom is -0.475 e. The highest BCUT2D eigenvalue weighted by atomic mass is 19.4. The van der Waals surface area contributed by atoms with E-state index in [0.717, 1.165) is 25.6 Å². The first-order valence-corrected chi connectivity index (χ1v) is 12.7. The Bertz CT molecular complexity index is 1140. The first-order valence-electron chi connectivity index (χ1n) is 12.7. The molecule has 20 heteroatoms. The third kappa shape index (κ3) is 14.9. The van der Waals surface area contributed by atoms with Gasteiger partial charge in [-0.3, -0.25) is 9.88 Å². The largest absolute Gasteiger partial charge is 0.490 e. The molecule has 0 saturated carbocycles. The fourth-order valence-electron chi connectivity index (χ4n) is 4.07. The van der Waals surface area contributed by atoms with Gasteiger partial charge in [-0.25, -0.2) is 24.4 Å². The van der Waals surface area contributed by atoms with E-state index in [9.17, 15) is 39.5 Å². The number of carboxylic acid groups (broad SMARTS) is 3. The molecule has 0 aromatic carbocycles. The van der Waals surface area contributed by atoms with E-state index < -0.39 is 36.4 Å². The molecular weight excluding hydrogens is 637 g/mol. The van der Waals surface area contributed by atoms with Gasteiger partial charge in [0.25, 0.3) is 0 Å². The molecule has 0 aliphatic carbocycles. The molecule has 11 nitrogen and oxygen atoms in total. The van der Waals surface area contributed by atoms with Gasteiger partial charge in [-0.2, -0.15) is 39.5 Å². The molecule has 3 N–H and O–H groups in total. The van der Waals surface area contributed by atoms with Crippen molar-refractivity contribution in [3.05, 3.63) is 48.5 Å². The average molecular weight is 666 g/mol. The fourth-order valence-corrected chi connectivity index (χ4v) is 4.07. The van der Waals surface area contributed by atoms with Gasteiger partial charge in [0, 0.05) is 44.4 Å². The number of piperidine rings is 2. The number of hydrogen-bond donors (Lipinski definition) is 3. The second-order valence-electron chi connectivity index (χ2n) is 9.58. The van der Waals surface area contributed by atoms with Crippen LogP contribution in [-0.4, -0.2) is 97.8 Å². The molecule has 2 aliphatic heterocycles. The van der Waals surface area contributed by atoms with Crippen molar-refractivity contribution < 1.29 is 69.2 Å². The van der Waals surface area contributed by atoms with Gasteiger partial charge in [-0.1, -0.05) is 6.07 Å². The van der Waals surface area contributed by atoms with Crippen LogP contribution in [0.15, 0.2) is 43.0 Å². The zero-order valence-electron chi connectivity index (χ0n) is 23.1. The smallest absolute Gasteiger partial charge is 0.475 e. The third-order valence-corrected chi connectivity index (χ3v) is 6.43. The third-order valence-electron chi connectivity index (χ3n) is 6.43. The molecule has 1 spiro atoms. The van der Waals surface area contributed by atoms with E-state index in [-0.39, 0.29) is 0 Å². The number of rotatable bonds is 3. The molecule has 2 fully saturated rings. The molecule has 2 saturated heterocycles. The number of carbonyl (C=O) groups is 3. The van der Waals surface area contributed by atoms with Crippen LogP contribution in [0.1, 0.15) is 31.2 Å². The Hall–Kier alpha value is -4.23. The van der Waals surface area contributed by atoms with E-state index in [1.54, 1.807) is 0 Å². The predicted octanol–water partition coefficient (Wildman–Crippen LogP) is 4.65. The van der Waals surface area contributed by atoms with E-state index >= 15 is 0 Å². The zero-order valence-corrected chi connectivity index (χ0v) is 23.1. The van der Waals surface area contributed by atoms with E-state index in [4.69, 9.17) is 29.7 Å². The Balaban J connectivity index is 0.000000396. The van der Waals surface area contributed by atoms with Crippen LogP contribution in [0.4, 0.5) is 45.5 Å². The number of halogens is 9. The summed E-state index contributed by atoms with van der Waals surface area (Å²) in [5.41, 5.74) is 1.86. The highest BCUT2D eigenvalue weighted by Crippen LogP contribution is 2.41. The van der Waals surface area contributed by atoms with E-state index in [1.165, 1.54) is 44.3 Å². The highest BCUT2D eigenvalue weighted by Gasteiger charge is 2.40. The Labute approximate surface area is 249 Å². The normalized spacial score (nSPS) is 16.5. The second-order valence-corrected chi connectivity index (χ2v) is 9.58. The predicted molar refractivity (Wildman–Crippen MR) is 136 cm³/mol. The summed E-state index contributed by atoms with van der Waals surface area (Å²) >= 11 is 0. The number of hydrogen-bond acceptors (Lipinski definition) is 8. The van der Waals surface area contributed by atoms with Crippen LogP contribution in [0.5, 0.6) is 0 Å². The van der Waals surface area contributed by atoms with Crippen LogP contribution in [0.3, 0.4) is 0 Å². The maximum Gasteiger partial charge on any atom is 0.490 e. The molecule has 252 valence electrons. The fraction of sp³-hybridized carbons (Fsp3) is 0.520. The van der Waals surface area contributed by atoms with Crippen molar-refractivity contribution in [2.24, 2.45) is 5.41 Å². The summed E-state index contributed by atoms with van der Waals surface area (Å²) in [7, 11) is 0. The summed E-state index contributed by atoms with van der Waals surface area (Å²) in [6, 6.07) is 6.09. The van der Waals surface area contributed by atoms with Crippen molar-refractivity contribution in [2.45, 2.75) is 50.8 Å². The lowest BCUT2D eigenvalue weighted by atomic mass is 9.71. The number of aromatic nitrogens is 3. The lowest BCUT2D eigenvalue weighted by molar-refractivity contribution is -0.193. The summed E-state index contributed by atoms with van der Waals surface area (Å²) in [5, 5.41) is 21.4. The maximum atomic E-state index is 10.6. The first-order chi connectivity index (χ1) is 20.7. The highest BCUT2D eigenvalue weighted by molar-refractivity contribution is 5.73. The average Bonchev–Trinajstić information content (AvgIpc) is 2.95. The number of alkyl halides is 9. The Kier molecular flexibility index (Phi) is 14.4. The Morgan fingerprint density at radius 3 is 1.44 bits per heavy atom.